The molecule has 0 aromatic heterocycles. The van der Waals surface area contributed by atoms with Gasteiger partial charge in [0.25, 0.3) is 0 Å². The number of methoxy groups -OCH3 is 1. The Balaban J connectivity index is 2.05. The maximum atomic E-state index is 11.0. The van der Waals surface area contributed by atoms with Crippen molar-refractivity contribution < 1.29 is 9.94 Å². The van der Waals surface area contributed by atoms with Gasteiger partial charge in [0.1, 0.15) is 5.75 Å². The highest BCUT2D eigenvalue weighted by atomic mass is 32.2. The largest absolute Gasteiger partial charge is 0.733 e. The Labute approximate surface area is 115 Å². The fraction of sp³-hybridized carbons (Fsp3) is 0.0769. The molecule has 0 amide bonds. The quantitative estimate of drug-likeness (QED) is 0.644. The number of hydrogen-bond donors (Lipinski definition) is 2. The second kappa shape index (κ2) is 6.33. The van der Waals surface area contributed by atoms with E-state index in [1.165, 1.54) is 11.9 Å². The Kier molecular flexibility index (Phi) is 4.51. The molecule has 0 aliphatic rings. The highest BCUT2D eigenvalue weighted by Gasteiger charge is 2.03. The van der Waals surface area contributed by atoms with Gasteiger partial charge in [-0.2, -0.15) is 0 Å². The van der Waals surface area contributed by atoms with Crippen molar-refractivity contribution >= 4 is 23.3 Å². The smallest absolute Gasteiger partial charge is 0.119 e. The predicted molar refractivity (Wildman–Crippen MR) is 76.5 cm³/mol. The van der Waals surface area contributed by atoms with Crippen molar-refractivity contribution in [3.8, 4) is 5.75 Å². The van der Waals surface area contributed by atoms with Crippen LogP contribution in [-0.4, -0.2) is 12.3 Å². The Morgan fingerprint density at radius 3 is 2.47 bits per heavy atom. The van der Waals surface area contributed by atoms with Gasteiger partial charge in [-0.05, 0) is 48.3 Å². The number of benzene rings is 2. The summed E-state index contributed by atoms with van der Waals surface area (Å²) in [7, 11) is 1.61. The molecule has 2 N–H and O–H groups in total. The third-order valence-corrected chi connectivity index (χ3v) is 3.34. The first kappa shape index (κ1) is 13.5. The van der Waals surface area contributed by atoms with Crippen LogP contribution in [0.25, 0.3) is 0 Å². The van der Waals surface area contributed by atoms with Crippen molar-refractivity contribution in [3.63, 3.8) is 0 Å². The van der Waals surface area contributed by atoms with Crippen LogP contribution in [0.2, 0.25) is 0 Å². The molecule has 0 aliphatic heterocycles. The van der Waals surface area contributed by atoms with Crippen molar-refractivity contribution in [1.29, 1.82) is 0 Å². The second-order valence-electron chi connectivity index (χ2n) is 3.67. The molecule has 2 aromatic carbocycles. The highest BCUT2D eigenvalue weighted by Crippen LogP contribution is 2.30. The summed E-state index contributed by atoms with van der Waals surface area (Å²) in [6.07, 6.45) is 0. The number of para-hydroxylation sites is 1. The fourth-order valence-electron chi connectivity index (χ4n) is 1.47. The second-order valence-corrected chi connectivity index (χ2v) is 4.52. The van der Waals surface area contributed by atoms with E-state index in [9.17, 15) is 5.21 Å². The van der Waals surface area contributed by atoms with Crippen molar-refractivity contribution in [2.75, 3.05) is 17.1 Å². The number of nitrogens with one attached hydrogen (secondary N) is 1. The van der Waals surface area contributed by atoms with Gasteiger partial charge in [0.05, 0.1) is 17.7 Å². The number of hydrogen-bond acceptors (Lipinski definition) is 6. The Bertz CT molecular complexity index is 532. The Morgan fingerprint density at radius 2 is 1.84 bits per heavy atom. The molecule has 100 valence electrons. The Hall–Kier alpha value is -1.89. The summed E-state index contributed by atoms with van der Waals surface area (Å²) in [5.41, 5.74) is 1.07. The zero-order chi connectivity index (χ0) is 13.7. The summed E-state index contributed by atoms with van der Waals surface area (Å²) in [6.45, 7) is 0. The van der Waals surface area contributed by atoms with Gasteiger partial charge in [-0.25, -0.2) is 0 Å². The van der Waals surface area contributed by atoms with Gasteiger partial charge in [0, 0.05) is 5.69 Å². The lowest BCUT2D eigenvalue weighted by Gasteiger charge is -2.24. The van der Waals surface area contributed by atoms with E-state index in [1.54, 1.807) is 31.4 Å². The minimum atomic E-state index is -0.141. The van der Waals surface area contributed by atoms with Crippen LogP contribution in [-0.2, 0) is 0 Å². The Morgan fingerprint density at radius 1 is 1.16 bits per heavy atom. The van der Waals surface area contributed by atoms with Crippen LogP contribution >= 0.6 is 11.9 Å². The molecule has 2 aromatic rings. The lowest BCUT2D eigenvalue weighted by Crippen LogP contribution is -2.08. The molecule has 0 unspecified atom stereocenters. The molecule has 0 saturated heterocycles. The van der Waals surface area contributed by atoms with Crippen LogP contribution in [0.3, 0.4) is 0 Å². The molecule has 0 saturated carbocycles. The first-order chi connectivity index (χ1) is 9.20. The summed E-state index contributed by atoms with van der Waals surface area (Å²) in [5.74, 6) is 0.775. The van der Waals surface area contributed by atoms with Gasteiger partial charge in [-0.1, -0.05) is 12.1 Å². The van der Waals surface area contributed by atoms with Crippen molar-refractivity contribution in [2.24, 2.45) is 0 Å². The molecule has 0 radical (unpaired) electrons. The van der Waals surface area contributed by atoms with Gasteiger partial charge < -0.3 is 19.9 Å². The normalized spacial score (nSPS) is 10.1. The topological polar surface area (TPSA) is 67.8 Å². The third-order valence-electron chi connectivity index (χ3n) is 2.44. The highest BCUT2D eigenvalue weighted by molar-refractivity contribution is 8.00. The molecule has 0 bridgehead atoms. The molecule has 0 fully saturated rings. The summed E-state index contributed by atoms with van der Waals surface area (Å²) in [5, 5.41) is 19.8. The van der Waals surface area contributed by atoms with Crippen molar-refractivity contribution in [3.05, 3.63) is 53.7 Å². The lowest BCUT2D eigenvalue weighted by atomic mass is 10.3. The molecule has 2 rings (SSSR count). The van der Waals surface area contributed by atoms with Crippen LogP contribution in [0.5, 0.6) is 5.75 Å². The van der Waals surface area contributed by atoms with E-state index in [-0.39, 0.29) is 10.9 Å². The number of ether oxygens (including phenoxy) is 1. The van der Waals surface area contributed by atoms with Crippen LogP contribution in [0, 0.1) is 5.21 Å². The minimum Gasteiger partial charge on any atom is -0.733 e. The van der Waals surface area contributed by atoms with E-state index in [0.717, 1.165) is 11.4 Å². The lowest BCUT2D eigenvalue weighted by molar-refractivity contribution is 0.294. The molecule has 0 spiro atoms. The van der Waals surface area contributed by atoms with E-state index >= 15 is 0 Å². The summed E-state index contributed by atoms with van der Waals surface area (Å²) in [6, 6.07) is 14.2. The predicted octanol–water partition coefficient (Wildman–Crippen LogP) is 3.51. The van der Waals surface area contributed by atoms with Crippen molar-refractivity contribution in [2.45, 2.75) is 4.90 Å². The van der Waals surface area contributed by atoms with Gasteiger partial charge >= 0.3 is 0 Å². The summed E-state index contributed by atoms with van der Waals surface area (Å²) in [4.78, 5) is 0.635. The summed E-state index contributed by atoms with van der Waals surface area (Å²) < 4.78 is 8.16. The van der Waals surface area contributed by atoms with E-state index in [0.29, 0.717) is 4.90 Å². The van der Waals surface area contributed by atoms with Crippen LogP contribution < -0.4 is 14.7 Å². The number of nitrogens with zero attached hydrogens (tertiary/aromatic N) is 1. The first-order valence-corrected chi connectivity index (χ1v) is 6.34. The molecule has 0 heterocycles. The van der Waals surface area contributed by atoms with Gasteiger partial charge in [0.2, 0.25) is 0 Å². The molecular formula is C13H13N2O3S-. The maximum Gasteiger partial charge on any atom is 0.119 e. The SMILES string of the molecule is COc1ccc(NSc2ccccc2N([O-])O)cc1. The van der Waals surface area contributed by atoms with Crippen LogP contribution in [0.15, 0.2) is 53.4 Å². The standard InChI is InChI=1S/C13H13N2O3S/c1-18-11-8-6-10(7-9-11)14-19-13-5-3-2-4-12(13)15(16)17/h2-9,14,16H,1H3/q-1. The van der Waals surface area contributed by atoms with E-state index < -0.39 is 0 Å². The van der Waals surface area contributed by atoms with Gasteiger partial charge in [-0.15, -0.1) is 0 Å². The molecule has 6 heteroatoms. The van der Waals surface area contributed by atoms with Gasteiger partial charge in [-0.3, -0.25) is 5.21 Å². The number of rotatable bonds is 5. The molecule has 0 aliphatic carbocycles. The monoisotopic (exact) mass is 277 g/mol. The first-order valence-electron chi connectivity index (χ1n) is 5.53. The van der Waals surface area contributed by atoms with Gasteiger partial charge in [0.15, 0.2) is 0 Å². The molecule has 5 nitrogen and oxygen atoms in total. The third kappa shape index (κ3) is 3.54. The summed E-state index contributed by atoms with van der Waals surface area (Å²) >= 11 is 1.25. The number of anilines is 2. The molecular weight excluding hydrogens is 264 g/mol. The van der Waals surface area contributed by atoms with Crippen LogP contribution in [0.1, 0.15) is 0 Å². The fourth-order valence-corrected chi connectivity index (χ4v) is 2.24. The maximum absolute atomic E-state index is 11.0. The van der Waals surface area contributed by atoms with Crippen molar-refractivity contribution in [1.82, 2.24) is 0 Å². The minimum absolute atomic E-state index is 0.141. The average Bonchev–Trinajstić information content (AvgIpc) is 2.46. The zero-order valence-corrected chi connectivity index (χ0v) is 11.1. The van der Waals surface area contributed by atoms with Crippen LogP contribution in [0.4, 0.5) is 11.4 Å². The average molecular weight is 277 g/mol. The molecule has 19 heavy (non-hydrogen) atoms. The van der Waals surface area contributed by atoms with E-state index in [2.05, 4.69) is 4.72 Å². The molecule has 0 atom stereocenters. The van der Waals surface area contributed by atoms with E-state index in [4.69, 9.17) is 9.94 Å². The van der Waals surface area contributed by atoms with E-state index in [1.807, 2.05) is 24.3 Å². The zero-order valence-electron chi connectivity index (χ0n) is 10.2.